The van der Waals surface area contributed by atoms with Crippen LogP contribution in [-0.2, 0) is 11.2 Å². The Morgan fingerprint density at radius 3 is 2.73 bits per heavy atom. The van der Waals surface area contributed by atoms with Crippen molar-refractivity contribution < 1.29 is 4.79 Å². The standard InChI is InChI=1S/C20H23N5O/c1-14-9-18(19-12-21-13-22-19)23-17-4-3-15(10-16(14)17)11-20(26)25-7-5-24(2)6-8-25/h3-4,9-10,12-13H,5-8,11H2,1-2H3,(H,21,22). The molecule has 6 nitrogen and oxygen atoms in total. The molecule has 4 rings (SSSR count). The van der Waals surface area contributed by atoms with E-state index >= 15 is 0 Å². The lowest BCUT2D eigenvalue weighted by atomic mass is 10.0. The molecular weight excluding hydrogens is 326 g/mol. The predicted molar refractivity (Wildman–Crippen MR) is 102 cm³/mol. The Balaban J connectivity index is 1.57. The first kappa shape index (κ1) is 16.7. The minimum Gasteiger partial charge on any atom is -0.343 e. The fourth-order valence-electron chi connectivity index (χ4n) is 3.43. The summed E-state index contributed by atoms with van der Waals surface area (Å²) >= 11 is 0. The number of H-pyrrole nitrogens is 1. The van der Waals surface area contributed by atoms with Crippen molar-refractivity contribution in [2.24, 2.45) is 0 Å². The Morgan fingerprint density at radius 1 is 1.19 bits per heavy atom. The Kier molecular flexibility index (Phi) is 4.42. The molecule has 0 spiro atoms. The van der Waals surface area contributed by atoms with E-state index in [-0.39, 0.29) is 5.91 Å². The van der Waals surface area contributed by atoms with Gasteiger partial charge in [-0.15, -0.1) is 0 Å². The number of aromatic nitrogens is 3. The molecule has 1 aliphatic rings. The van der Waals surface area contributed by atoms with Gasteiger partial charge in [-0.05, 0) is 43.3 Å². The highest BCUT2D eigenvalue weighted by Gasteiger charge is 2.19. The SMILES string of the molecule is Cc1cc(-c2cnc[nH]2)nc2ccc(CC(=O)N3CCN(C)CC3)cc12. The van der Waals surface area contributed by atoms with Crippen LogP contribution >= 0.6 is 0 Å². The molecule has 0 bridgehead atoms. The van der Waals surface area contributed by atoms with E-state index in [0.717, 1.165) is 59.6 Å². The number of aromatic amines is 1. The van der Waals surface area contributed by atoms with E-state index in [1.165, 1.54) is 0 Å². The molecular formula is C20H23N5O. The molecule has 1 amide bonds. The molecule has 0 radical (unpaired) electrons. The van der Waals surface area contributed by atoms with E-state index in [1.54, 1.807) is 12.5 Å². The van der Waals surface area contributed by atoms with Crippen LogP contribution in [0.25, 0.3) is 22.3 Å². The molecule has 1 aliphatic heterocycles. The number of benzene rings is 1. The first-order valence-electron chi connectivity index (χ1n) is 8.95. The van der Waals surface area contributed by atoms with E-state index in [2.05, 4.69) is 41.0 Å². The Labute approximate surface area is 152 Å². The molecule has 1 fully saturated rings. The van der Waals surface area contributed by atoms with Crippen molar-refractivity contribution in [1.29, 1.82) is 0 Å². The van der Waals surface area contributed by atoms with Crippen LogP contribution in [0.2, 0.25) is 0 Å². The minimum absolute atomic E-state index is 0.206. The second-order valence-corrected chi connectivity index (χ2v) is 7.00. The zero-order valence-corrected chi connectivity index (χ0v) is 15.2. The molecule has 134 valence electrons. The van der Waals surface area contributed by atoms with Crippen molar-refractivity contribution in [3.05, 3.63) is 47.9 Å². The summed E-state index contributed by atoms with van der Waals surface area (Å²) in [6.45, 7) is 5.61. The number of amides is 1. The van der Waals surface area contributed by atoms with Gasteiger partial charge in [0.25, 0.3) is 0 Å². The Morgan fingerprint density at radius 2 is 2.00 bits per heavy atom. The number of aryl methyl sites for hydroxylation is 1. The van der Waals surface area contributed by atoms with Gasteiger partial charge in [-0.2, -0.15) is 0 Å². The third kappa shape index (κ3) is 3.32. The highest BCUT2D eigenvalue weighted by Crippen LogP contribution is 2.24. The van der Waals surface area contributed by atoms with E-state index in [1.807, 2.05) is 17.0 Å². The lowest BCUT2D eigenvalue weighted by Gasteiger charge is -2.32. The van der Waals surface area contributed by atoms with Crippen LogP contribution in [0.5, 0.6) is 0 Å². The van der Waals surface area contributed by atoms with Gasteiger partial charge in [-0.25, -0.2) is 9.97 Å². The summed E-state index contributed by atoms with van der Waals surface area (Å²) in [4.78, 5) is 28.7. The van der Waals surface area contributed by atoms with E-state index in [9.17, 15) is 4.79 Å². The lowest BCUT2D eigenvalue weighted by molar-refractivity contribution is -0.132. The topological polar surface area (TPSA) is 65.1 Å². The van der Waals surface area contributed by atoms with Crippen LogP contribution in [-0.4, -0.2) is 63.9 Å². The third-order valence-electron chi connectivity index (χ3n) is 5.07. The van der Waals surface area contributed by atoms with Crippen molar-refractivity contribution in [3.8, 4) is 11.4 Å². The number of hydrogen-bond acceptors (Lipinski definition) is 4. The van der Waals surface area contributed by atoms with Crippen LogP contribution in [0.4, 0.5) is 0 Å². The van der Waals surface area contributed by atoms with E-state index in [0.29, 0.717) is 6.42 Å². The van der Waals surface area contributed by atoms with Crippen LogP contribution in [0.15, 0.2) is 36.8 Å². The number of fused-ring (bicyclic) bond motifs is 1. The molecule has 0 unspecified atom stereocenters. The molecule has 3 aromatic rings. The maximum Gasteiger partial charge on any atom is 0.227 e. The van der Waals surface area contributed by atoms with Crippen molar-refractivity contribution in [2.75, 3.05) is 33.2 Å². The summed E-state index contributed by atoms with van der Waals surface area (Å²) in [7, 11) is 2.10. The third-order valence-corrected chi connectivity index (χ3v) is 5.07. The molecule has 0 aliphatic carbocycles. The van der Waals surface area contributed by atoms with Gasteiger partial charge in [0.05, 0.1) is 35.8 Å². The molecule has 1 saturated heterocycles. The van der Waals surface area contributed by atoms with Gasteiger partial charge in [0.1, 0.15) is 0 Å². The number of carbonyl (C=O) groups is 1. The van der Waals surface area contributed by atoms with Gasteiger partial charge in [0.15, 0.2) is 0 Å². The zero-order valence-electron chi connectivity index (χ0n) is 15.2. The maximum absolute atomic E-state index is 12.6. The number of nitrogens with zero attached hydrogens (tertiary/aromatic N) is 4. The number of pyridine rings is 1. The number of carbonyl (C=O) groups excluding carboxylic acids is 1. The summed E-state index contributed by atoms with van der Waals surface area (Å²) in [5, 5.41) is 1.09. The average molecular weight is 349 g/mol. The largest absolute Gasteiger partial charge is 0.343 e. The Hall–Kier alpha value is -2.73. The van der Waals surface area contributed by atoms with Gasteiger partial charge in [0.2, 0.25) is 5.91 Å². The van der Waals surface area contributed by atoms with Gasteiger partial charge < -0.3 is 14.8 Å². The second-order valence-electron chi connectivity index (χ2n) is 7.00. The van der Waals surface area contributed by atoms with Crippen LogP contribution in [0, 0.1) is 6.92 Å². The number of rotatable bonds is 3. The number of likely N-dealkylation sites (N-methyl/N-ethyl adjacent to an activating group) is 1. The van der Waals surface area contributed by atoms with Crippen molar-refractivity contribution in [1.82, 2.24) is 24.8 Å². The first-order valence-corrected chi connectivity index (χ1v) is 8.95. The fourth-order valence-corrected chi connectivity index (χ4v) is 3.43. The van der Waals surface area contributed by atoms with Gasteiger partial charge in [0, 0.05) is 31.6 Å². The molecule has 1 N–H and O–H groups in total. The van der Waals surface area contributed by atoms with Crippen molar-refractivity contribution in [2.45, 2.75) is 13.3 Å². The molecule has 3 heterocycles. The highest BCUT2D eigenvalue weighted by atomic mass is 16.2. The second kappa shape index (κ2) is 6.88. The minimum atomic E-state index is 0.206. The summed E-state index contributed by atoms with van der Waals surface area (Å²) < 4.78 is 0. The summed E-state index contributed by atoms with van der Waals surface area (Å²) in [5.41, 5.74) is 4.91. The number of piperazine rings is 1. The zero-order chi connectivity index (χ0) is 18.1. The average Bonchev–Trinajstić information content (AvgIpc) is 3.17. The van der Waals surface area contributed by atoms with Crippen LogP contribution in [0.1, 0.15) is 11.1 Å². The monoisotopic (exact) mass is 349 g/mol. The molecule has 26 heavy (non-hydrogen) atoms. The summed E-state index contributed by atoms with van der Waals surface area (Å²) in [5.74, 6) is 0.206. The first-order chi connectivity index (χ1) is 12.6. The normalized spacial score (nSPS) is 15.5. The molecule has 2 aromatic heterocycles. The maximum atomic E-state index is 12.6. The smallest absolute Gasteiger partial charge is 0.227 e. The predicted octanol–water partition coefficient (Wildman–Crippen LogP) is 2.25. The molecule has 6 heteroatoms. The van der Waals surface area contributed by atoms with Crippen LogP contribution in [0.3, 0.4) is 0 Å². The van der Waals surface area contributed by atoms with Crippen molar-refractivity contribution >= 4 is 16.8 Å². The van der Waals surface area contributed by atoms with Gasteiger partial charge >= 0.3 is 0 Å². The fraction of sp³-hybridized carbons (Fsp3) is 0.350. The highest BCUT2D eigenvalue weighted by molar-refractivity contribution is 5.87. The van der Waals surface area contributed by atoms with Crippen LogP contribution < -0.4 is 0 Å². The molecule has 0 atom stereocenters. The summed E-state index contributed by atoms with van der Waals surface area (Å²) in [6, 6.07) is 8.18. The summed E-state index contributed by atoms with van der Waals surface area (Å²) in [6.07, 6.45) is 3.88. The lowest BCUT2D eigenvalue weighted by Crippen LogP contribution is -2.47. The van der Waals surface area contributed by atoms with E-state index < -0.39 is 0 Å². The number of imidazole rings is 1. The Bertz CT molecular complexity index is 927. The van der Waals surface area contributed by atoms with Gasteiger partial charge in [-0.1, -0.05) is 6.07 Å². The quantitative estimate of drug-likeness (QED) is 0.788. The van der Waals surface area contributed by atoms with Gasteiger partial charge in [-0.3, -0.25) is 4.79 Å². The molecule has 0 saturated carbocycles. The number of hydrogen-bond donors (Lipinski definition) is 1. The number of nitrogens with one attached hydrogen (secondary N) is 1. The van der Waals surface area contributed by atoms with Crippen molar-refractivity contribution in [3.63, 3.8) is 0 Å². The van der Waals surface area contributed by atoms with E-state index in [4.69, 9.17) is 4.98 Å². The molecule has 1 aromatic carbocycles.